The van der Waals surface area contributed by atoms with Crippen molar-refractivity contribution < 1.29 is 9.84 Å². The molecule has 0 aliphatic carbocycles. The normalized spacial score (nSPS) is 9.95. The number of hydrogen-bond acceptors (Lipinski definition) is 4. The predicted octanol–water partition coefficient (Wildman–Crippen LogP) is -0.0175. The van der Waals surface area contributed by atoms with Gasteiger partial charge >= 0.3 is 5.69 Å². The van der Waals surface area contributed by atoms with E-state index in [0.717, 1.165) is 5.56 Å². The number of aryl methyl sites for hydroxylation is 1. The van der Waals surface area contributed by atoms with Gasteiger partial charge in [0.1, 0.15) is 18.7 Å². The van der Waals surface area contributed by atoms with Crippen molar-refractivity contribution in [3.05, 3.63) is 46.1 Å². The molecule has 0 aliphatic rings. The minimum Gasteiger partial charge on any atom is -0.495 e. The van der Waals surface area contributed by atoms with Crippen LogP contribution in [0.4, 0.5) is 0 Å². The molecule has 2 aromatic rings. The van der Waals surface area contributed by atoms with Crippen molar-refractivity contribution in [2.75, 3.05) is 13.7 Å². The Morgan fingerprint density at radius 2 is 2.25 bits per heavy atom. The molecule has 0 fully saturated rings. The molecular weight excluding hydrogens is 258 g/mol. The van der Waals surface area contributed by atoms with Gasteiger partial charge < -0.3 is 9.84 Å². The second-order valence-corrected chi connectivity index (χ2v) is 4.18. The van der Waals surface area contributed by atoms with Crippen molar-refractivity contribution in [2.45, 2.75) is 6.54 Å². The summed E-state index contributed by atoms with van der Waals surface area (Å²) in [6.45, 7) is 0.143. The number of benzene rings is 1. The van der Waals surface area contributed by atoms with E-state index in [4.69, 9.17) is 9.84 Å². The van der Waals surface area contributed by atoms with Crippen molar-refractivity contribution >= 4 is 0 Å². The average Bonchev–Trinajstić information content (AvgIpc) is 2.77. The number of methoxy groups -OCH3 is 1. The standard InChI is InChI=1S/C14H15N3O3/c1-16-10-15-17(14(16)19)9-11-5-6-13(20-2)12(8-11)4-3-7-18/h5-6,8,10,18H,7,9H2,1-2H3. The van der Waals surface area contributed by atoms with Gasteiger partial charge in [0, 0.05) is 7.05 Å². The molecule has 2 rings (SSSR count). The highest BCUT2D eigenvalue weighted by atomic mass is 16.5. The lowest BCUT2D eigenvalue weighted by molar-refractivity contribution is 0.350. The summed E-state index contributed by atoms with van der Waals surface area (Å²) >= 11 is 0. The van der Waals surface area contributed by atoms with Crippen LogP contribution < -0.4 is 10.4 Å². The van der Waals surface area contributed by atoms with Crippen LogP contribution in [0.15, 0.2) is 29.3 Å². The van der Waals surface area contributed by atoms with Crippen molar-refractivity contribution in [1.82, 2.24) is 14.3 Å². The number of aliphatic hydroxyl groups excluding tert-OH is 1. The van der Waals surface area contributed by atoms with E-state index < -0.39 is 0 Å². The maximum absolute atomic E-state index is 11.7. The van der Waals surface area contributed by atoms with Crippen LogP contribution in [0.1, 0.15) is 11.1 Å². The van der Waals surface area contributed by atoms with Crippen LogP contribution in [0.5, 0.6) is 5.75 Å². The lowest BCUT2D eigenvalue weighted by Crippen LogP contribution is -2.23. The summed E-state index contributed by atoms with van der Waals surface area (Å²) in [5, 5.41) is 12.8. The molecule has 0 spiro atoms. The lowest BCUT2D eigenvalue weighted by Gasteiger charge is -2.06. The fourth-order valence-corrected chi connectivity index (χ4v) is 1.79. The molecule has 104 valence electrons. The Morgan fingerprint density at radius 3 is 2.85 bits per heavy atom. The highest BCUT2D eigenvalue weighted by Crippen LogP contribution is 2.19. The molecule has 0 bridgehead atoms. The summed E-state index contributed by atoms with van der Waals surface area (Å²) in [5.74, 6) is 6.03. The van der Waals surface area contributed by atoms with Gasteiger partial charge in [-0.1, -0.05) is 17.9 Å². The molecule has 0 saturated carbocycles. The minimum atomic E-state index is -0.215. The maximum Gasteiger partial charge on any atom is 0.345 e. The summed E-state index contributed by atoms with van der Waals surface area (Å²) in [7, 11) is 3.21. The summed E-state index contributed by atoms with van der Waals surface area (Å²) < 4.78 is 7.98. The number of hydrogen-bond donors (Lipinski definition) is 1. The lowest BCUT2D eigenvalue weighted by atomic mass is 10.1. The van der Waals surface area contributed by atoms with Crippen molar-refractivity contribution in [1.29, 1.82) is 0 Å². The van der Waals surface area contributed by atoms with E-state index in [1.807, 2.05) is 12.1 Å². The SMILES string of the molecule is COc1ccc(Cn2ncn(C)c2=O)cc1C#CCO. The van der Waals surface area contributed by atoms with E-state index in [-0.39, 0.29) is 12.3 Å². The Hall–Kier alpha value is -2.52. The maximum atomic E-state index is 11.7. The smallest absolute Gasteiger partial charge is 0.345 e. The molecule has 0 saturated heterocycles. The summed E-state index contributed by atoms with van der Waals surface area (Å²) in [5.41, 5.74) is 1.38. The largest absolute Gasteiger partial charge is 0.495 e. The molecule has 1 aromatic heterocycles. The molecule has 20 heavy (non-hydrogen) atoms. The van der Waals surface area contributed by atoms with Crippen molar-refractivity contribution in [3.63, 3.8) is 0 Å². The number of rotatable bonds is 3. The van der Waals surface area contributed by atoms with E-state index in [1.54, 1.807) is 20.2 Å². The monoisotopic (exact) mass is 273 g/mol. The van der Waals surface area contributed by atoms with Crippen LogP contribution in [-0.2, 0) is 13.6 Å². The first-order chi connectivity index (χ1) is 9.65. The van der Waals surface area contributed by atoms with Gasteiger partial charge in [-0.2, -0.15) is 5.10 Å². The quantitative estimate of drug-likeness (QED) is 0.798. The molecule has 1 heterocycles. The van der Waals surface area contributed by atoms with Crippen LogP contribution in [0.3, 0.4) is 0 Å². The number of aliphatic hydroxyl groups is 1. The van der Waals surface area contributed by atoms with Gasteiger partial charge in [0.05, 0.1) is 19.2 Å². The van der Waals surface area contributed by atoms with Gasteiger partial charge in [-0.25, -0.2) is 9.48 Å². The molecule has 0 aliphatic heterocycles. The zero-order chi connectivity index (χ0) is 14.5. The van der Waals surface area contributed by atoms with E-state index >= 15 is 0 Å². The molecular formula is C14H15N3O3. The van der Waals surface area contributed by atoms with E-state index in [9.17, 15) is 4.79 Å². The molecule has 0 radical (unpaired) electrons. The predicted molar refractivity (Wildman–Crippen MR) is 73.5 cm³/mol. The van der Waals surface area contributed by atoms with Crippen LogP contribution in [0.25, 0.3) is 0 Å². The first-order valence-corrected chi connectivity index (χ1v) is 6.00. The van der Waals surface area contributed by atoms with E-state index in [0.29, 0.717) is 17.9 Å². The van der Waals surface area contributed by atoms with Crippen LogP contribution >= 0.6 is 0 Å². The van der Waals surface area contributed by atoms with Gasteiger partial charge in [0.2, 0.25) is 0 Å². The Kier molecular flexibility index (Phi) is 4.23. The Labute approximate surface area is 116 Å². The molecule has 6 heteroatoms. The van der Waals surface area contributed by atoms with Crippen molar-refractivity contribution in [3.8, 4) is 17.6 Å². The highest BCUT2D eigenvalue weighted by Gasteiger charge is 2.06. The third-order valence-electron chi connectivity index (χ3n) is 2.79. The van der Waals surface area contributed by atoms with Gasteiger partial charge in [0.15, 0.2) is 0 Å². The molecule has 0 atom stereocenters. The van der Waals surface area contributed by atoms with Gasteiger partial charge in [-0.3, -0.25) is 4.57 Å². The minimum absolute atomic E-state index is 0.177. The second kappa shape index (κ2) is 6.08. The average molecular weight is 273 g/mol. The highest BCUT2D eigenvalue weighted by molar-refractivity contribution is 5.48. The van der Waals surface area contributed by atoms with Crippen LogP contribution in [0.2, 0.25) is 0 Å². The zero-order valence-electron chi connectivity index (χ0n) is 11.3. The van der Waals surface area contributed by atoms with E-state index in [1.165, 1.54) is 15.6 Å². The topological polar surface area (TPSA) is 69.3 Å². The van der Waals surface area contributed by atoms with E-state index in [2.05, 4.69) is 16.9 Å². The molecule has 1 N–H and O–H groups in total. The van der Waals surface area contributed by atoms with Gasteiger partial charge in [-0.05, 0) is 17.7 Å². The summed E-state index contributed by atoms with van der Waals surface area (Å²) in [6.07, 6.45) is 1.47. The van der Waals surface area contributed by atoms with Gasteiger partial charge in [-0.15, -0.1) is 0 Å². The number of ether oxygens (including phenoxy) is 1. The van der Waals surface area contributed by atoms with Crippen molar-refractivity contribution in [2.24, 2.45) is 7.05 Å². The Morgan fingerprint density at radius 1 is 1.45 bits per heavy atom. The Balaban J connectivity index is 2.33. The molecule has 1 aromatic carbocycles. The molecule has 0 amide bonds. The Bertz CT molecular complexity index is 719. The first-order valence-electron chi connectivity index (χ1n) is 6.00. The second-order valence-electron chi connectivity index (χ2n) is 4.18. The number of aromatic nitrogens is 3. The first kappa shape index (κ1) is 13.9. The fourth-order valence-electron chi connectivity index (χ4n) is 1.79. The number of nitrogens with zero attached hydrogens (tertiary/aromatic N) is 3. The molecule has 6 nitrogen and oxygen atoms in total. The third kappa shape index (κ3) is 2.90. The summed E-state index contributed by atoms with van der Waals surface area (Å²) in [4.78, 5) is 11.7. The van der Waals surface area contributed by atoms with Crippen LogP contribution in [-0.4, -0.2) is 33.2 Å². The summed E-state index contributed by atoms with van der Waals surface area (Å²) in [6, 6.07) is 5.46. The third-order valence-corrected chi connectivity index (χ3v) is 2.79. The fraction of sp³-hybridized carbons (Fsp3) is 0.286. The van der Waals surface area contributed by atoms with Crippen LogP contribution in [0, 0.1) is 11.8 Å². The zero-order valence-corrected chi connectivity index (χ0v) is 11.3. The molecule has 0 unspecified atom stereocenters. The van der Waals surface area contributed by atoms with Gasteiger partial charge in [0.25, 0.3) is 0 Å².